The van der Waals surface area contributed by atoms with Crippen LogP contribution in [-0.4, -0.2) is 68.2 Å². The third-order valence-corrected chi connectivity index (χ3v) is 10.0. The van der Waals surface area contributed by atoms with Crippen LogP contribution >= 0.6 is 15.9 Å². The minimum atomic E-state index is -0.991. The Kier molecular flexibility index (Phi) is 13.3. The van der Waals surface area contributed by atoms with E-state index in [1.54, 1.807) is 36.8 Å². The van der Waals surface area contributed by atoms with Gasteiger partial charge >= 0.3 is 0 Å². The highest BCUT2D eigenvalue weighted by Crippen LogP contribution is 2.31. The molecule has 2 N–H and O–H groups in total. The van der Waals surface area contributed by atoms with E-state index in [1.807, 2.05) is 47.4 Å². The molecule has 13 heteroatoms. The lowest BCUT2D eigenvalue weighted by Gasteiger charge is -2.37. The van der Waals surface area contributed by atoms with Crippen LogP contribution in [-0.2, 0) is 21.5 Å². The summed E-state index contributed by atoms with van der Waals surface area (Å²) < 4.78 is 1.95. The van der Waals surface area contributed by atoms with Crippen LogP contribution in [0.1, 0.15) is 96.1 Å². The number of halogens is 1. The van der Waals surface area contributed by atoms with Crippen molar-refractivity contribution in [3.8, 4) is 12.4 Å². The number of benzene rings is 2. The second-order valence-electron chi connectivity index (χ2n) is 12.9. The predicted molar refractivity (Wildman–Crippen MR) is 190 cm³/mol. The van der Waals surface area contributed by atoms with Gasteiger partial charge in [0.15, 0.2) is 12.4 Å². The van der Waals surface area contributed by atoms with E-state index >= 15 is 0 Å². The van der Waals surface area contributed by atoms with Gasteiger partial charge in [-0.3, -0.25) is 29.0 Å². The highest BCUT2D eigenvalue weighted by Gasteiger charge is 2.44. The van der Waals surface area contributed by atoms with Crippen LogP contribution in [0.2, 0.25) is 0 Å². The molecule has 2 aliphatic rings. The van der Waals surface area contributed by atoms with Crippen molar-refractivity contribution in [1.29, 1.82) is 10.5 Å². The summed E-state index contributed by atoms with van der Waals surface area (Å²) in [5.74, 6) is -1.22. The third kappa shape index (κ3) is 9.36. The van der Waals surface area contributed by atoms with E-state index in [2.05, 4.69) is 31.5 Å². The molecule has 1 heterocycles. The number of amides is 4. The summed E-state index contributed by atoms with van der Waals surface area (Å²) in [5.41, 5.74) is 1.20. The maximum absolute atomic E-state index is 12.8. The Hall–Kier alpha value is -5.01. The van der Waals surface area contributed by atoms with Crippen molar-refractivity contribution in [1.82, 2.24) is 30.0 Å². The first-order valence-electron chi connectivity index (χ1n) is 16.8. The van der Waals surface area contributed by atoms with Crippen LogP contribution < -0.4 is 10.6 Å². The van der Waals surface area contributed by atoms with Crippen molar-refractivity contribution in [3.05, 3.63) is 89.5 Å². The van der Waals surface area contributed by atoms with E-state index in [0.717, 1.165) is 64.8 Å². The second-order valence-corrected chi connectivity index (χ2v) is 13.4. The number of hydrogen-bond acceptors (Lipinski definition) is 7. The van der Waals surface area contributed by atoms with Crippen LogP contribution in [0, 0.1) is 22.9 Å². The van der Waals surface area contributed by atoms with Gasteiger partial charge in [0, 0.05) is 49.5 Å². The summed E-state index contributed by atoms with van der Waals surface area (Å²) in [6, 6.07) is 14.6. The number of likely N-dealkylation sites (N-methyl/N-ethyl adjacent to an activating group) is 2. The number of imidazole rings is 1. The van der Waals surface area contributed by atoms with Gasteiger partial charge in [0.2, 0.25) is 0 Å². The Morgan fingerprint density at radius 3 is 1.52 bits per heavy atom. The minimum Gasteiger partial charge on any atom is -0.338 e. The average molecular weight is 744 g/mol. The molecule has 4 amide bonds. The molecule has 2 saturated carbocycles. The van der Waals surface area contributed by atoms with E-state index in [9.17, 15) is 19.2 Å². The van der Waals surface area contributed by atoms with Gasteiger partial charge in [0.05, 0.1) is 6.33 Å². The normalized spacial score (nSPS) is 15.9. The molecule has 2 aromatic carbocycles. The second kappa shape index (κ2) is 17.6. The first-order valence-corrected chi connectivity index (χ1v) is 17.9. The van der Waals surface area contributed by atoms with Gasteiger partial charge < -0.3 is 15.2 Å². The van der Waals surface area contributed by atoms with Gasteiger partial charge in [-0.25, -0.2) is 4.98 Å². The Labute approximate surface area is 301 Å². The molecule has 50 heavy (non-hydrogen) atoms. The monoisotopic (exact) mass is 742 g/mol. The maximum Gasteiger partial charge on any atom is 0.261 e. The number of alkyl halides is 1. The van der Waals surface area contributed by atoms with Crippen molar-refractivity contribution in [3.63, 3.8) is 0 Å². The molecule has 0 unspecified atom stereocenters. The zero-order valence-electron chi connectivity index (χ0n) is 28.5. The van der Waals surface area contributed by atoms with Crippen molar-refractivity contribution in [2.45, 2.75) is 87.2 Å². The summed E-state index contributed by atoms with van der Waals surface area (Å²) in [4.78, 5) is 56.7. The summed E-state index contributed by atoms with van der Waals surface area (Å²) >= 11 is 3.37. The lowest BCUT2D eigenvalue weighted by molar-refractivity contribution is -0.135. The average Bonchev–Trinajstić information content (AvgIpc) is 3.68. The molecule has 0 spiro atoms. The van der Waals surface area contributed by atoms with Gasteiger partial charge in [0.25, 0.3) is 23.6 Å². The number of rotatable bonds is 9. The number of carbonyl (C=O) groups excluding carboxylic acids is 4. The topological polar surface area (TPSA) is 164 Å². The van der Waals surface area contributed by atoms with Gasteiger partial charge in [-0.15, -0.1) is 0 Å². The van der Waals surface area contributed by atoms with Crippen molar-refractivity contribution < 1.29 is 19.2 Å². The van der Waals surface area contributed by atoms with Crippen LogP contribution in [0.5, 0.6) is 0 Å². The largest absolute Gasteiger partial charge is 0.338 e. The lowest BCUT2D eigenvalue weighted by atomic mass is 9.80. The molecule has 0 radical (unpaired) electrons. The molecule has 0 bridgehead atoms. The predicted octanol–water partition coefficient (Wildman–Crippen LogP) is 5.26. The Morgan fingerprint density at radius 2 is 1.16 bits per heavy atom. The number of hydrogen-bond donors (Lipinski definition) is 2. The van der Waals surface area contributed by atoms with Gasteiger partial charge in [0.1, 0.15) is 11.1 Å². The Morgan fingerprint density at radius 1 is 0.740 bits per heavy atom. The molecule has 0 atom stereocenters. The van der Waals surface area contributed by atoms with Crippen molar-refractivity contribution in [2.24, 2.45) is 0 Å². The van der Waals surface area contributed by atoms with Crippen LogP contribution in [0.25, 0.3) is 0 Å². The summed E-state index contributed by atoms with van der Waals surface area (Å²) in [6.07, 6.45) is 16.8. The SMILES string of the molecule is CN(C#N)C(=O)C1(NC(=O)c2ccc(CBr)cc2)CCCCC1.CN(C#N)C(=O)C1(NC(=O)c2ccc(Cn3ccnc3)cc2)CCCCC1. The third-order valence-electron chi connectivity index (χ3n) is 9.36. The number of nitriles is 2. The van der Waals surface area contributed by atoms with Gasteiger partial charge in [-0.05, 0) is 61.1 Å². The van der Waals surface area contributed by atoms with Crippen molar-refractivity contribution in [2.75, 3.05) is 14.1 Å². The molecule has 1 aromatic heterocycles. The van der Waals surface area contributed by atoms with Gasteiger partial charge in [-0.1, -0.05) is 78.7 Å². The zero-order chi connectivity index (χ0) is 36.1. The standard InChI is InChI=1S/C20H23N5O2.C17H20BrN3O2/c1-24(14-21)19(27)20(9-3-2-4-10-20)23-18(26)17-7-5-16(6-8-17)13-25-12-11-22-15-25;1-21(12-19)16(23)17(9-3-2-4-10-17)20-15(22)14-7-5-13(11-18)6-8-14/h5-8,11-12,15H,2-4,9-10,13H2,1H3,(H,23,26);5-8H,2-4,9-11H2,1H3,(H,20,22). The highest BCUT2D eigenvalue weighted by atomic mass is 79.9. The fourth-order valence-electron chi connectivity index (χ4n) is 6.50. The molecule has 262 valence electrons. The lowest BCUT2D eigenvalue weighted by Crippen LogP contribution is -2.59. The van der Waals surface area contributed by atoms with Crippen molar-refractivity contribution >= 4 is 39.6 Å². The number of carbonyl (C=O) groups is 4. The molecule has 0 saturated heterocycles. The molecule has 2 aliphatic carbocycles. The molecule has 5 rings (SSSR count). The summed E-state index contributed by atoms with van der Waals surface area (Å²) in [6.45, 7) is 0.678. The number of aromatic nitrogens is 2. The summed E-state index contributed by atoms with van der Waals surface area (Å²) in [7, 11) is 2.88. The van der Waals surface area contributed by atoms with Crippen LogP contribution in [0.3, 0.4) is 0 Å². The molecular formula is C37H43BrN8O4. The number of nitrogens with zero attached hydrogens (tertiary/aromatic N) is 6. The molecule has 3 aromatic rings. The van der Waals surface area contributed by atoms with E-state index < -0.39 is 11.1 Å². The molecule has 0 aliphatic heterocycles. The molecule has 12 nitrogen and oxygen atoms in total. The minimum absolute atomic E-state index is 0.271. The van der Waals surface area contributed by atoms with Gasteiger partial charge in [-0.2, -0.15) is 10.5 Å². The maximum atomic E-state index is 12.8. The van der Waals surface area contributed by atoms with E-state index in [1.165, 1.54) is 14.1 Å². The fraction of sp³-hybridized carbons (Fsp3) is 0.432. The zero-order valence-corrected chi connectivity index (χ0v) is 30.1. The van der Waals surface area contributed by atoms with Crippen LogP contribution in [0.4, 0.5) is 0 Å². The van der Waals surface area contributed by atoms with E-state index in [0.29, 0.717) is 43.4 Å². The first kappa shape index (κ1) is 37.8. The molecule has 2 fully saturated rings. The summed E-state index contributed by atoms with van der Waals surface area (Å²) in [5, 5.41) is 24.6. The Balaban J connectivity index is 0.000000228. The fourth-order valence-corrected chi connectivity index (χ4v) is 6.88. The first-order chi connectivity index (χ1) is 24.1. The highest BCUT2D eigenvalue weighted by molar-refractivity contribution is 9.08. The van der Waals surface area contributed by atoms with E-state index in [-0.39, 0.29) is 23.6 Å². The van der Waals surface area contributed by atoms with Crippen LogP contribution in [0.15, 0.2) is 67.3 Å². The number of nitrogens with one attached hydrogen (secondary N) is 2. The van der Waals surface area contributed by atoms with E-state index in [4.69, 9.17) is 10.5 Å². The quantitative estimate of drug-likeness (QED) is 0.172. The smallest absolute Gasteiger partial charge is 0.261 e. The molecular weight excluding hydrogens is 700 g/mol. The Bertz CT molecular complexity index is 1700.